The number of carbonyl (C=O) groups is 1. The van der Waals surface area contributed by atoms with Crippen LogP contribution in [0.5, 0.6) is 0 Å². The van der Waals surface area contributed by atoms with Gasteiger partial charge in [-0.15, -0.1) is 11.3 Å². The summed E-state index contributed by atoms with van der Waals surface area (Å²) < 4.78 is 1.28. The van der Waals surface area contributed by atoms with Crippen molar-refractivity contribution in [1.29, 1.82) is 0 Å². The fourth-order valence-corrected chi connectivity index (χ4v) is 3.14. The molecule has 2 heteroatoms. The third-order valence-electron chi connectivity index (χ3n) is 3.17. The number of thiophene rings is 1. The molecule has 0 aliphatic carbocycles. The molecule has 0 atom stereocenters. The number of fused-ring (bicyclic) bond motifs is 1. The highest BCUT2D eigenvalue weighted by Crippen LogP contribution is 2.34. The molecule has 0 amide bonds. The van der Waals surface area contributed by atoms with Crippen molar-refractivity contribution >= 4 is 27.7 Å². The molecule has 1 aromatic heterocycles. The molecule has 0 aliphatic heterocycles. The van der Waals surface area contributed by atoms with E-state index in [1.54, 1.807) is 11.3 Å². The minimum absolute atomic E-state index is 0.726. The first-order valence-corrected chi connectivity index (χ1v) is 6.70. The number of rotatable bonds is 2. The minimum Gasteiger partial charge on any atom is -0.298 e. The van der Waals surface area contributed by atoms with E-state index in [0.29, 0.717) is 0 Å². The smallest absolute Gasteiger partial charge is 0.150 e. The van der Waals surface area contributed by atoms with Crippen molar-refractivity contribution < 1.29 is 4.79 Å². The Morgan fingerprint density at radius 2 is 1.94 bits per heavy atom. The average molecular weight is 252 g/mol. The number of carbonyl (C=O) groups excluding carboxylic acids is 1. The first-order chi connectivity index (χ1) is 8.79. The molecule has 0 fully saturated rings. The van der Waals surface area contributed by atoms with E-state index in [1.807, 2.05) is 18.2 Å². The van der Waals surface area contributed by atoms with Gasteiger partial charge >= 0.3 is 0 Å². The molecular weight excluding hydrogens is 240 g/mol. The average Bonchev–Trinajstić information content (AvgIpc) is 2.87. The number of hydrogen-bond acceptors (Lipinski definition) is 2. The predicted molar refractivity (Wildman–Crippen MR) is 77.4 cm³/mol. The van der Waals surface area contributed by atoms with E-state index in [1.165, 1.54) is 21.2 Å². The number of aldehydes is 1. The summed E-state index contributed by atoms with van der Waals surface area (Å²) in [4.78, 5) is 10.9. The highest BCUT2D eigenvalue weighted by Gasteiger charge is 2.08. The maximum Gasteiger partial charge on any atom is 0.150 e. The third kappa shape index (κ3) is 1.75. The van der Waals surface area contributed by atoms with E-state index in [9.17, 15) is 4.79 Å². The lowest BCUT2D eigenvalue weighted by atomic mass is 9.97. The maximum atomic E-state index is 10.9. The van der Waals surface area contributed by atoms with Crippen molar-refractivity contribution in [2.75, 3.05) is 0 Å². The summed E-state index contributed by atoms with van der Waals surface area (Å²) in [7, 11) is 0. The summed E-state index contributed by atoms with van der Waals surface area (Å²) >= 11 is 1.74. The maximum absolute atomic E-state index is 10.9. The second-order valence-corrected chi connectivity index (χ2v) is 5.25. The van der Waals surface area contributed by atoms with Crippen molar-refractivity contribution in [1.82, 2.24) is 0 Å². The zero-order valence-electron chi connectivity index (χ0n) is 10.0. The van der Waals surface area contributed by atoms with Crippen LogP contribution in [0.4, 0.5) is 0 Å². The lowest BCUT2D eigenvalue weighted by Crippen LogP contribution is -1.87. The number of hydrogen-bond donors (Lipinski definition) is 0. The summed E-state index contributed by atoms with van der Waals surface area (Å²) in [6, 6.07) is 14.3. The van der Waals surface area contributed by atoms with Gasteiger partial charge < -0.3 is 0 Å². The molecule has 0 aliphatic rings. The first-order valence-electron chi connectivity index (χ1n) is 5.82. The Morgan fingerprint density at radius 1 is 1.06 bits per heavy atom. The molecule has 3 aromatic rings. The van der Waals surface area contributed by atoms with E-state index >= 15 is 0 Å². The molecule has 3 rings (SSSR count). The van der Waals surface area contributed by atoms with Crippen molar-refractivity contribution in [2.45, 2.75) is 6.92 Å². The summed E-state index contributed by atoms with van der Waals surface area (Å²) in [6.07, 6.45) is 0.900. The Bertz CT molecular complexity index is 725. The van der Waals surface area contributed by atoms with Gasteiger partial charge in [-0.3, -0.25) is 4.79 Å². The van der Waals surface area contributed by atoms with Gasteiger partial charge in [0, 0.05) is 10.3 Å². The Labute approximate surface area is 110 Å². The summed E-state index contributed by atoms with van der Waals surface area (Å²) in [5, 5.41) is 3.36. The molecule has 1 nitrogen and oxygen atoms in total. The molecule has 2 aromatic carbocycles. The van der Waals surface area contributed by atoms with Gasteiger partial charge in [0.25, 0.3) is 0 Å². The molecule has 88 valence electrons. The van der Waals surface area contributed by atoms with E-state index in [0.717, 1.165) is 17.4 Å². The molecule has 0 radical (unpaired) electrons. The van der Waals surface area contributed by atoms with E-state index in [-0.39, 0.29) is 0 Å². The van der Waals surface area contributed by atoms with Gasteiger partial charge in [0.15, 0.2) is 0 Å². The minimum atomic E-state index is 0.726. The Morgan fingerprint density at radius 3 is 2.78 bits per heavy atom. The molecular formula is C16H12OS. The second kappa shape index (κ2) is 4.39. The van der Waals surface area contributed by atoms with Crippen LogP contribution < -0.4 is 0 Å². The van der Waals surface area contributed by atoms with Gasteiger partial charge in [0.05, 0.1) is 0 Å². The largest absolute Gasteiger partial charge is 0.298 e. The fraction of sp³-hybridized carbons (Fsp3) is 0.0625. The third-order valence-corrected chi connectivity index (χ3v) is 4.13. The topological polar surface area (TPSA) is 17.1 Å². The van der Waals surface area contributed by atoms with Crippen LogP contribution in [0.2, 0.25) is 0 Å². The first kappa shape index (κ1) is 11.2. The Balaban J connectivity index is 2.31. The Hall–Kier alpha value is -1.93. The van der Waals surface area contributed by atoms with Gasteiger partial charge in [0.2, 0.25) is 0 Å². The lowest BCUT2D eigenvalue weighted by molar-refractivity contribution is 0.112. The SMILES string of the molecule is Cc1ccc(C=O)cc1-c1cccc2ccsc12. The van der Waals surface area contributed by atoms with E-state index in [4.69, 9.17) is 0 Å². The van der Waals surface area contributed by atoms with Crippen molar-refractivity contribution in [3.63, 3.8) is 0 Å². The van der Waals surface area contributed by atoms with Crippen LogP contribution in [0, 0.1) is 6.92 Å². The lowest BCUT2D eigenvalue weighted by Gasteiger charge is -2.08. The van der Waals surface area contributed by atoms with Gasteiger partial charge in [0.1, 0.15) is 6.29 Å². The monoisotopic (exact) mass is 252 g/mol. The second-order valence-electron chi connectivity index (χ2n) is 4.34. The highest BCUT2D eigenvalue weighted by molar-refractivity contribution is 7.17. The fourth-order valence-electron chi connectivity index (χ4n) is 2.21. The normalized spacial score (nSPS) is 10.7. The van der Waals surface area contributed by atoms with Gasteiger partial charge in [-0.2, -0.15) is 0 Å². The number of aryl methyl sites for hydroxylation is 1. The zero-order valence-corrected chi connectivity index (χ0v) is 10.8. The van der Waals surface area contributed by atoms with Crippen LogP contribution in [-0.4, -0.2) is 6.29 Å². The summed E-state index contributed by atoms with van der Waals surface area (Å²) in [5.41, 5.74) is 4.28. The van der Waals surface area contributed by atoms with E-state index < -0.39 is 0 Å². The highest BCUT2D eigenvalue weighted by atomic mass is 32.1. The van der Waals surface area contributed by atoms with Crippen LogP contribution in [0.15, 0.2) is 47.8 Å². The Kier molecular flexibility index (Phi) is 2.73. The van der Waals surface area contributed by atoms with E-state index in [2.05, 4.69) is 36.6 Å². The molecule has 18 heavy (non-hydrogen) atoms. The van der Waals surface area contributed by atoms with Crippen LogP contribution in [0.1, 0.15) is 15.9 Å². The van der Waals surface area contributed by atoms with Crippen molar-refractivity contribution in [3.05, 3.63) is 59.0 Å². The predicted octanol–water partition coefficient (Wildman–Crippen LogP) is 4.69. The van der Waals surface area contributed by atoms with Crippen LogP contribution in [0.3, 0.4) is 0 Å². The zero-order chi connectivity index (χ0) is 12.5. The molecule has 0 spiro atoms. The molecule has 0 saturated carbocycles. The summed E-state index contributed by atoms with van der Waals surface area (Å²) in [6.45, 7) is 2.08. The molecule has 0 bridgehead atoms. The van der Waals surface area contributed by atoms with Gasteiger partial charge in [-0.1, -0.05) is 30.3 Å². The molecule has 0 N–H and O–H groups in total. The molecule has 0 unspecified atom stereocenters. The van der Waals surface area contributed by atoms with Crippen LogP contribution in [0.25, 0.3) is 21.2 Å². The van der Waals surface area contributed by atoms with Gasteiger partial charge in [-0.05, 0) is 46.5 Å². The van der Waals surface area contributed by atoms with Crippen molar-refractivity contribution in [3.8, 4) is 11.1 Å². The van der Waals surface area contributed by atoms with Crippen molar-refractivity contribution in [2.24, 2.45) is 0 Å². The summed E-state index contributed by atoms with van der Waals surface area (Å²) in [5.74, 6) is 0. The van der Waals surface area contributed by atoms with Crippen LogP contribution >= 0.6 is 11.3 Å². The number of benzene rings is 2. The quantitative estimate of drug-likeness (QED) is 0.605. The molecule has 0 saturated heterocycles. The standard InChI is InChI=1S/C16H12OS/c1-11-5-6-12(10-17)9-15(11)14-4-2-3-13-7-8-18-16(13)14/h2-10H,1H3. The van der Waals surface area contributed by atoms with Crippen LogP contribution in [-0.2, 0) is 0 Å². The molecule has 1 heterocycles. The van der Waals surface area contributed by atoms with Gasteiger partial charge in [-0.25, -0.2) is 0 Å².